The van der Waals surface area contributed by atoms with Crippen LogP contribution in [0.2, 0.25) is 5.02 Å². The fourth-order valence-corrected chi connectivity index (χ4v) is 8.98. The number of allylic oxidation sites excluding steroid dienone is 3. The third kappa shape index (κ3) is 3.78. The first-order valence-electron chi connectivity index (χ1n) is 14.1. The van der Waals surface area contributed by atoms with Gasteiger partial charge >= 0.3 is 0 Å². The van der Waals surface area contributed by atoms with Gasteiger partial charge in [-0.3, -0.25) is 0 Å². The summed E-state index contributed by atoms with van der Waals surface area (Å²) in [6, 6.07) is 7.59. The number of β-amino-alcohol motifs (C(OH)–C–C–N with tert-alkyl or cyclic N) is 1. The second kappa shape index (κ2) is 8.68. The maximum Gasteiger partial charge on any atom is 0.0920 e. The normalized spacial score (nSPS) is 42.1. The predicted octanol–water partition coefficient (Wildman–Crippen LogP) is 5.60. The third-order valence-electron chi connectivity index (χ3n) is 11.4. The van der Waals surface area contributed by atoms with Gasteiger partial charge in [0.15, 0.2) is 0 Å². The first-order chi connectivity index (χ1) is 17.1. The van der Waals surface area contributed by atoms with Gasteiger partial charge in [-0.1, -0.05) is 60.9 Å². The van der Waals surface area contributed by atoms with E-state index in [1.807, 2.05) is 24.3 Å². The van der Waals surface area contributed by atoms with E-state index in [1.165, 1.54) is 5.57 Å². The second-order valence-corrected chi connectivity index (χ2v) is 13.6. The van der Waals surface area contributed by atoms with E-state index in [0.29, 0.717) is 36.2 Å². The fourth-order valence-electron chi connectivity index (χ4n) is 8.85. The molecule has 0 bridgehead atoms. The molecule has 0 amide bonds. The number of piperidine rings is 1. The van der Waals surface area contributed by atoms with Gasteiger partial charge in [0.2, 0.25) is 0 Å². The van der Waals surface area contributed by atoms with Crippen LogP contribution in [0.15, 0.2) is 47.6 Å². The number of hydrogen-bond donors (Lipinski definition) is 3. The van der Waals surface area contributed by atoms with Crippen LogP contribution in [0.25, 0.3) is 0 Å². The van der Waals surface area contributed by atoms with Crippen molar-refractivity contribution >= 4 is 11.6 Å². The lowest BCUT2D eigenvalue weighted by atomic mass is 9.50. The highest BCUT2D eigenvalue weighted by Gasteiger charge is 2.62. The number of likely N-dealkylation sites (tertiary alicyclic amines) is 1. The lowest BCUT2D eigenvalue weighted by Gasteiger charge is -2.56. The molecule has 1 saturated heterocycles. The Kier molecular flexibility index (Phi) is 6.06. The van der Waals surface area contributed by atoms with E-state index in [9.17, 15) is 15.3 Å². The number of aliphatic hydroxyl groups is 3. The molecule has 6 unspecified atom stereocenters. The number of aliphatic hydroxyl groups excluding tert-OH is 1. The van der Waals surface area contributed by atoms with Crippen molar-refractivity contribution in [3.05, 3.63) is 58.1 Å². The molecular formula is C31H42ClNO3. The van der Waals surface area contributed by atoms with Crippen LogP contribution in [0, 0.1) is 22.7 Å². The highest BCUT2D eigenvalue weighted by molar-refractivity contribution is 6.30. The van der Waals surface area contributed by atoms with Crippen molar-refractivity contribution in [3.63, 3.8) is 0 Å². The SMILES string of the molecule is CC12CCC(O)CC1=CC=C1C2CCC2(C)C1CCC2(O)CN1CCC(O)(c2ccc(Cl)cc2)CC1. The Labute approximate surface area is 221 Å². The van der Waals surface area contributed by atoms with Crippen molar-refractivity contribution in [2.75, 3.05) is 19.6 Å². The van der Waals surface area contributed by atoms with E-state index >= 15 is 0 Å². The van der Waals surface area contributed by atoms with Crippen LogP contribution in [0.3, 0.4) is 0 Å². The van der Waals surface area contributed by atoms with Crippen LogP contribution in [0.5, 0.6) is 0 Å². The van der Waals surface area contributed by atoms with Gasteiger partial charge in [-0.05, 0) is 92.7 Å². The molecule has 4 fully saturated rings. The standard InChI is InChI=1S/C31H42ClNO3/c1-28-12-9-24(34)19-22(28)5-8-25-26(28)10-13-29(2)27(25)11-14-31(29,36)20-33-17-15-30(35,16-18-33)21-3-6-23(32)7-4-21/h3-8,24,26-27,34-36H,9-20H2,1-2H3. The quantitative estimate of drug-likeness (QED) is 0.494. The van der Waals surface area contributed by atoms with E-state index in [-0.39, 0.29) is 16.9 Å². The van der Waals surface area contributed by atoms with Crippen molar-refractivity contribution in [2.45, 2.75) is 88.9 Å². The van der Waals surface area contributed by atoms with E-state index in [2.05, 4.69) is 30.9 Å². The Morgan fingerprint density at radius 1 is 0.889 bits per heavy atom. The molecule has 1 aromatic rings. The Hall–Kier alpha value is -1.17. The highest BCUT2D eigenvalue weighted by atomic mass is 35.5. The van der Waals surface area contributed by atoms with Crippen molar-refractivity contribution in [1.82, 2.24) is 4.90 Å². The summed E-state index contributed by atoms with van der Waals surface area (Å²) < 4.78 is 0. The van der Waals surface area contributed by atoms with E-state index in [4.69, 9.17) is 11.6 Å². The Morgan fingerprint density at radius 3 is 2.31 bits per heavy atom. The first-order valence-corrected chi connectivity index (χ1v) is 14.5. The molecule has 3 N–H and O–H groups in total. The molecule has 5 heteroatoms. The Morgan fingerprint density at radius 2 is 1.58 bits per heavy atom. The minimum atomic E-state index is -0.816. The van der Waals surface area contributed by atoms with Gasteiger partial charge in [0.25, 0.3) is 0 Å². The predicted molar refractivity (Wildman–Crippen MR) is 144 cm³/mol. The van der Waals surface area contributed by atoms with Gasteiger partial charge in [0.05, 0.1) is 17.3 Å². The summed E-state index contributed by atoms with van der Waals surface area (Å²) in [5, 5.41) is 34.5. The zero-order valence-electron chi connectivity index (χ0n) is 21.8. The smallest absolute Gasteiger partial charge is 0.0920 e. The molecule has 1 heterocycles. The summed E-state index contributed by atoms with van der Waals surface area (Å²) in [6.45, 7) is 7.06. The molecule has 0 spiro atoms. The molecule has 4 nitrogen and oxygen atoms in total. The van der Waals surface area contributed by atoms with Gasteiger partial charge in [-0.25, -0.2) is 0 Å². The van der Waals surface area contributed by atoms with Crippen LogP contribution in [0.1, 0.15) is 77.2 Å². The molecule has 0 aromatic heterocycles. The van der Waals surface area contributed by atoms with Crippen LogP contribution >= 0.6 is 11.6 Å². The van der Waals surface area contributed by atoms with Crippen molar-refractivity contribution in [3.8, 4) is 0 Å². The third-order valence-corrected chi connectivity index (χ3v) is 11.7. The Balaban J connectivity index is 1.18. The van der Waals surface area contributed by atoms with Crippen LogP contribution in [-0.4, -0.2) is 51.6 Å². The number of benzene rings is 1. The summed E-state index contributed by atoms with van der Waals surface area (Å²) in [4.78, 5) is 2.39. The Bertz CT molecular complexity index is 1070. The molecule has 5 aliphatic rings. The van der Waals surface area contributed by atoms with Gasteiger partial charge in [0.1, 0.15) is 0 Å². The van der Waals surface area contributed by atoms with Crippen LogP contribution in [-0.2, 0) is 5.60 Å². The average Bonchev–Trinajstić information content (AvgIpc) is 3.12. The van der Waals surface area contributed by atoms with Crippen molar-refractivity contribution in [2.24, 2.45) is 22.7 Å². The van der Waals surface area contributed by atoms with Gasteiger partial charge in [-0.2, -0.15) is 0 Å². The molecule has 3 saturated carbocycles. The highest BCUT2D eigenvalue weighted by Crippen LogP contribution is 2.66. The maximum absolute atomic E-state index is 12.2. The minimum Gasteiger partial charge on any atom is -0.393 e. The maximum atomic E-state index is 12.2. The number of hydrogen-bond acceptors (Lipinski definition) is 4. The molecule has 1 aromatic carbocycles. The molecule has 6 atom stereocenters. The molecule has 1 aliphatic heterocycles. The number of halogens is 1. The molecular weight excluding hydrogens is 470 g/mol. The van der Waals surface area contributed by atoms with Crippen LogP contribution < -0.4 is 0 Å². The van der Waals surface area contributed by atoms with Gasteiger partial charge in [-0.15, -0.1) is 0 Å². The number of rotatable bonds is 3. The number of nitrogens with zero attached hydrogens (tertiary/aromatic N) is 1. The minimum absolute atomic E-state index is 0.116. The largest absolute Gasteiger partial charge is 0.393 e. The van der Waals surface area contributed by atoms with Gasteiger partial charge in [0, 0.05) is 30.1 Å². The summed E-state index contributed by atoms with van der Waals surface area (Å²) in [7, 11) is 0. The molecule has 36 heavy (non-hydrogen) atoms. The zero-order chi connectivity index (χ0) is 25.3. The number of fused-ring (bicyclic) bond motifs is 5. The van der Waals surface area contributed by atoms with Crippen molar-refractivity contribution in [1.29, 1.82) is 0 Å². The monoisotopic (exact) mass is 511 g/mol. The molecule has 4 aliphatic carbocycles. The molecule has 6 rings (SSSR count). The van der Waals surface area contributed by atoms with Gasteiger partial charge < -0.3 is 20.2 Å². The lowest BCUT2D eigenvalue weighted by Crippen LogP contribution is -2.57. The summed E-state index contributed by atoms with van der Waals surface area (Å²) >= 11 is 6.05. The van der Waals surface area contributed by atoms with E-state index in [0.717, 1.165) is 63.6 Å². The van der Waals surface area contributed by atoms with Crippen LogP contribution in [0.4, 0.5) is 0 Å². The molecule has 0 radical (unpaired) electrons. The summed E-state index contributed by atoms with van der Waals surface area (Å²) in [5.74, 6) is 0.980. The summed E-state index contributed by atoms with van der Waals surface area (Å²) in [5.41, 5.74) is 2.49. The van der Waals surface area contributed by atoms with E-state index < -0.39 is 11.2 Å². The van der Waals surface area contributed by atoms with E-state index in [1.54, 1.807) is 5.57 Å². The fraction of sp³-hybridized carbons (Fsp3) is 0.677. The lowest BCUT2D eigenvalue weighted by molar-refractivity contribution is -0.114. The second-order valence-electron chi connectivity index (χ2n) is 13.1. The zero-order valence-corrected chi connectivity index (χ0v) is 22.6. The molecule has 196 valence electrons. The average molecular weight is 512 g/mol. The topological polar surface area (TPSA) is 63.9 Å². The summed E-state index contributed by atoms with van der Waals surface area (Å²) in [6.07, 6.45) is 12.7. The van der Waals surface area contributed by atoms with Crippen molar-refractivity contribution < 1.29 is 15.3 Å². The first kappa shape index (κ1) is 25.1.